The monoisotopic (exact) mass is 275 g/mol. The van der Waals surface area contributed by atoms with E-state index in [1.54, 1.807) is 13.1 Å². The number of hydrogen-bond acceptors (Lipinski definition) is 2. The van der Waals surface area contributed by atoms with E-state index in [-0.39, 0.29) is 5.56 Å². The van der Waals surface area contributed by atoms with Crippen LogP contribution in [0, 0.1) is 0 Å². The van der Waals surface area contributed by atoms with Gasteiger partial charge in [-0.1, -0.05) is 23.7 Å². The highest BCUT2D eigenvalue weighted by molar-refractivity contribution is 6.35. The molecule has 6 heteroatoms. The molecule has 19 heavy (non-hydrogen) atoms. The van der Waals surface area contributed by atoms with Crippen molar-refractivity contribution in [1.82, 2.24) is 14.8 Å². The molecule has 0 aliphatic rings. The molecule has 0 bridgehead atoms. The van der Waals surface area contributed by atoms with E-state index in [0.29, 0.717) is 16.4 Å². The normalized spacial score (nSPS) is 11.1. The summed E-state index contributed by atoms with van der Waals surface area (Å²) in [4.78, 5) is 14.3. The molecule has 0 saturated heterocycles. The number of benzene rings is 1. The molecule has 1 aromatic carbocycles. The van der Waals surface area contributed by atoms with Gasteiger partial charge in [0.25, 0.3) is 0 Å². The number of nitrogens with zero attached hydrogens (tertiary/aromatic N) is 2. The Bertz CT molecular complexity index is 788. The van der Waals surface area contributed by atoms with Crippen LogP contribution in [-0.2, 0) is 7.05 Å². The van der Waals surface area contributed by atoms with Crippen LogP contribution in [-0.4, -0.2) is 25.8 Å². The molecule has 0 saturated carbocycles. The maximum absolute atomic E-state index is 11.2. The topological polar surface area (TPSA) is 70.9 Å². The van der Waals surface area contributed by atoms with E-state index < -0.39 is 5.97 Å². The standard InChI is InChI=1S/C13H10ClN3O2/c1-17-12(8(6-15-17)13(18)19)10-5-7-3-2-4-9(14)11(7)16-10/h2-6,16H,1H3,(H,18,19). The predicted molar refractivity (Wildman–Crippen MR) is 72.5 cm³/mol. The van der Waals surface area contributed by atoms with Gasteiger partial charge in [0.15, 0.2) is 0 Å². The molecule has 0 aliphatic heterocycles. The molecule has 0 unspecified atom stereocenters. The fourth-order valence-corrected chi connectivity index (χ4v) is 2.39. The van der Waals surface area contributed by atoms with Crippen molar-refractivity contribution in [3.63, 3.8) is 0 Å². The van der Waals surface area contributed by atoms with Crippen molar-refractivity contribution in [1.29, 1.82) is 0 Å². The lowest BCUT2D eigenvalue weighted by molar-refractivity contribution is 0.0697. The molecule has 3 rings (SSSR count). The summed E-state index contributed by atoms with van der Waals surface area (Å²) >= 11 is 6.10. The van der Waals surface area contributed by atoms with Crippen LogP contribution in [0.15, 0.2) is 30.5 Å². The first kappa shape index (κ1) is 11.8. The lowest BCUT2D eigenvalue weighted by atomic mass is 10.2. The average molecular weight is 276 g/mol. The SMILES string of the molecule is Cn1ncc(C(=O)O)c1-c1cc2cccc(Cl)c2[nH]1. The van der Waals surface area contributed by atoms with E-state index in [1.807, 2.05) is 18.2 Å². The number of aromatic carboxylic acids is 1. The van der Waals surface area contributed by atoms with Gasteiger partial charge in [0, 0.05) is 12.4 Å². The van der Waals surface area contributed by atoms with Crippen LogP contribution >= 0.6 is 11.6 Å². The van der Waals surface area contributed by atoms with E-state index in [0.717, 1.165) is 10.9 Å². The molecule has 2 heterocycles. The Morgan fingerprint density at radius 1 is 1.47 bits per heavy atom. The average Bonchev–Trinajstić information content (AvgIpc) is 2.92. The van der Waals surface area contributed by atoms with E-state index in [1.165, 1.54) is 10.9 Å². The van der Waals surface area contributed by atoms with Crippen molar-refractivity contribution in [2.24, 2.45) is 7.05 Å². The van der Waals surface area contributed by atoms with Crippen LogP contribution < -0.4 is 0 Å². The summed E-state index contributed by atoms with van der Waals surface area (Å²) in [5.74, 6) is -1.01. The Morgan fingerprint density at radius 3 is 2.95 bits per heavy atom. The quantitative estimate of drug-likeness (QED) is 0.755. The highest BCUT2D eigenvalue weighted by Gasteiger charge is 2.18. The van der Waals surface area contributed by atoms with Gasteiger partial charge in [-0.2, -0.15) is 5.10 Å². The molecule has 2 N–H and O–H groups in total. The maximum atomic E-state index is 11.2. The fourth-order valence-electron chi connectivity index (χ4n) is 2.16. The minimum absolute atomic E-state index is 0.158. The molecule has 0 amide bonds. The molecular formula is C13H10ClN3O2. The van der Waals surface area contributed by atoms with Crippen LogP contribution in [0.4, 0.5) is 0 Å². The first-order valence-corrected chi connectivity index (χ1v) is 5.98. The molecule has 0 aliphatic carbocycles. The van der Waals surface area contributed by atoms with Crippen LogP contribution in [0.1, 0.15) is 10.4 Å². The molecule has 3 aromatic rings. The van der Waals surface area contributed by atoms with Crippen LogP contribution in [0.3, 0.4) is 0 Å². The highest BCUT2D eigenvalue weighted by Crippen LogP contribution is 2.29. The second-order valence-electron chi connectivity index (χ2n) is 4.22. The van der Waals surface area contributed by atoms with E-state index >= 15 is 0 Å². The maximum Gasteiger partial charge on any atom is 0.339 e. The van der Waals surface area contributed by atoms with Crippen LogP contribution in [0.5, 0.6) is 0 Å². The molecule has 96 valence electrons. The Labute approximate surface area is 113 Å². The molecule has 0 radical (unpaired) electrons. The molecule has 0 atom stereocenters. The summed E-state index contributed by atoms with van der Waals surface area (Å²) in [5, 5.41) is 14.7. The number of para-hydroxylation sites is 1. The lowest BCUT2D eigenvalue weighted by Gasteiger charge is -2.00. The number of rotatable bonds is 2. The van der Waals surface area contributed by atoms with Gasteiger partial charge in [-0.3, -0.25) is 4.68 Å². The minimum atomic E-state index is -1.01. The smallest absolute Gasteiger partial charge is 0.339 e. The number of aromatic amines is 1. The van der Waals surface area contributed by atoms with Gasteiger partial charge in [-0.15, -0.1) is 0 Å². The Kier molecular flexibility index (Phi) is 2.57. The zero-order chi connectivity index (χ0) is 13.6. The number of carbonyl (C=O) groups is 1. The molecule has 0 spiro atoms. The number of aryl methyl sites for hydroxylation is 1. The summed E-state index contributed by atoms with van der Waals surface area (Å²) in [7, 11) is 1.70. The number of nitrogens with one attached hydrogen (secondary N) is 1. The Hall–Kier alpha value is -2.27. The molecule has 5 nitrogen and oxygen atoms in total. The van der Waals surface area contributed by atoms with Crippen molar-refractivity contribution in [3.8, 4) is 11.4 Å². The zero-order valence-corrected chi connectivity index (χ0v) is 10.8. The minimum Gasteiger partial charge on any atom is -0.478 e. The van der Waals surface area contributed by atoms with Gasteiger partial charge < -0.3 is 10.1 Å². The summed E-state index contributed by atoms with van der Waals surface area (Å²) in [6.07, 6.45) is 1.34. The number of hydrogen-bond donors (Lipinski definition) is 2. The van der Waals surface area contributed by atoms with Crippen molar-refractivity contribution in [2.45, 2.75) is 0 Å². The summed E-state index contributed by atoms with van der Waals surface area (Å²) in [6.45, 7) is 0. The van der Waals surface area contributed by atoms with Gasteiger partial charge in [0.1, 0.15) is 5.56 Å². The first-order valence-electron chi connectivity index (χ1n) is 5.61. The second kappa shape index (κ2) is 4.13. The molecule has 2 aromatic heterocycles. The number of halogens is 1. The molecule has 0 fully saturated rings. The third-order valence-corrected chi connectivity index (χ3v) is 3.34. The third-order valence-electron chi connectivity index (χ3n) is 3.03. The Balaban J connectivity index is 2.28. The zero-order valence-electron chi connectivity index (χ0n) is 10.0. The van der Waals surface area contributed by atoms with E-state index in [4.69, 9.17) is 11.6 Å². The van der Waals surface area contributed by atoms with E-state index in [2.05, 4.69) is 10.1 Å². The summed E-state index contributed by atoms with van der Waals surface area (Å²) in [5.41, 5.74) is 2.15. The van der Waals surface area contributed by atoms with E-state index in [9.17, 15) is 9.90 Å². The van der Waals surface area contributed by atoms with Crippen molar-refractivity contribution < 1.29 is 9.90 Å². The lowest BCUT2D eigenvalue weighted by Crippen LogP contribution is -2.00. The van der Waals surface area contributed by atoms with Crippen molar-refractivity contribution >= 4 is 28.5 Å². The fraction of sp³-hybridized carbons (Fsp3) is 0.0769. The summed E-state index contributed by atoms with van der Waals surface area (Å²) < 4.78 is 1.53. The van der Waals surface area contributed by atoms with Gasteiger partial charge >= 0.3 is 5.97 Å². The third kappa shape index (κ3) is 1.79. The second-order valence-corrected chi connectivity index (χ2v) is 4.63. The van der Waals surface area contributed by atoms with Gasteiger partial charge in [0.2, 0.25) is 0 Å². The number of H-pyrrole nitrogens is 1. The highest BCUT2D eigenvalue weighted by atomic mass is 35.5. The molecular weight excluding hydrogens is 266 g/mol. The largest absolute Gasteiger partial charge is 0.478 e. The predicted octanol–water partition coefficient (Wildman–Crippen LogP) is 2.92. The van der Waals surface area contributed by atoms with Gasteiger partial charge in [-0.05, 0) is 12.1 Å². The van der Waals surface area contributed by atoms with Gasteiger partial charge in [-0.25, -0.2) is 4.79 Å². The van der Waals surface area contributed by atoms with Crippen LogP contribution in [0.2, 0.25) is 5.02 Å². The first-order chi connectivity index (χ1) is 9.08. The number of carboxylic acids is 1. The summed E-state index contributed by atoms with van der Waals surface area (Å²) in [6, 6.07) is 7.41. The Morgan fingerprint density at radius 2 is 2.26 bits per heavy atom. The van der Waals surface area contributed by atoms with Crippen LogP contribution in [0.25, 0.3) is 22.3 Å². The number of carboxylic acid groups (broad SMARTS) is 1. The van der Waals surface area contributed by atoms with Crippen molar-refractivity contribution in [2.75, 3.05) is 0 Å². The van der Waals surface area contributed by atoms with Crippen molar-refractivity contribution in [3.05, 3.63) is 41.0 Å². The number of fused-ring (bicyclic) bond motifs is 1. The number of aromatic nitrogens is 3. The van der Waals surface area contributed by atoms with Gasteiger partial charge in [0.05, 0.1) is 28.1 Å².